The fourth-order valence-electron chi connectivity index (χ4n) is 4.01. The Balaban J connectivity index is 1.57. The Labute approximate surface area is 131 Å². The number of aliphatic hydroxyl groups is 1. The van der Waals surface area contributed by atoms with Crippen molar-refractivity contribution in [3.8, 4) is 0 Å². The van der Waals surface area contributed by atoms with Gasteiger partial charge < -0.3 is 5.11 Å². The van der Waals surface area contributed by atoms with Gasteiger partial charge in [0, 0.05) is 49.8 Å². The van der Waals surface area contributed by atoms with E-state index in [1.54, 1.807) is 0 Å². The molecule has 2 aliphatic rings. The van der Waals surface area contributed by atoms with Crippen LogP contribution in [0.5, 0.6) is 0 Å². The second-order valence-corrected chi connectivity index (χ2v) is 6.77. The molecular weight excluding hydrogens is 274 g/mol. The van der Waals surface area contributed by atoms with Crippen molar-refractivity contribution in [3.63, 3.8) is 0 Å². The van der Waals surface area contributed by atoms with Crippen molar-refractivity contribution in [1.82, 2.24) is 14.8 Å². The first-order valence-corrected chi connectivity index (χ1v) is 8.19. The Hall–Kier alpha value is -1.49. The van der Waals surface area contributed by atoms with Gasteiger partial charge in [0.05, 0.1) is 11.6 Å². The summed E-state index contributed by atoms with van der Waals surface area (Å²) < 4.78 is 0. The van der Waals surface area contributed by atoms with Crippen molar-refractivity contribution in [2.45, 2.75) is 38.1 Å². The topological polar surface area (TPSA) is 39.6 Å². The van der Waals surface area contributed by atoms with Crippen molar-refractivity contribution in [1.29, 1.82) is 0 Å². The minimum atomic E-state index is -0.142. The van der Waals surface area contributed by atoms with Gasteiger partial charge in [-0.3, -0.25) is 14.8 Å². The van der Waals surface area contributed by atoms with Gasteiger partial charge in [0.15, 0.2) is 0 Å². The standard InChI is InChI=1S/C18H23N3O/c1-13-9-21-12-17(22)8-16(21)11-20(13)10-15-5-2-4-14-6-3-7-19-18(14)15/h2-7,13,16-17,22H,8-12H2,1H3/t13-,16-,17-/m1/s1. The summed E-state index contributed by atoms with van der Waals surface area (Å²) in [7, 11) is 0. The Kier molecular flexibility index (Phi) is 3.60. The first kappa shape index (κ1) is 14.1. The quantitative estimate of drug-likeness (QED) is 0.919. The van der Waals surface area contributed by atoms with Crippen LogP contribution in [-0.2, 0) is 6.54 Å². The number of para-hydroxylation sites is 1. The molecule has 3 heterocycles. The number of hydrogen-bond acceptors (Lipinski definition) is 4. The average molecular weight is 297 g/mol. The van der Waals surface area contributed by atoms with E-state index >= 15 is 0 Å². The minimum absolute atomic E-state index is 0.142. The maximum atomic E-state index is 9.89. The minimum Gasteiger partial charge on any atom is -0.392 e. The summed E-state index contributed by atoms with van der Waals surface area (Å²) in [4.78, 5) is 9.57. The highest BCUT2D eigenvalue weighted by molar-refractivity contribution is 5.81. The van der Waals surface area contributed by atoms with E-state index in [0.717, 1.165) is 38.1 Å². The van der Waals surface area contributed by atoms with E-state index in [9.17, 15) is 5.11 Å². The van der Waals surface area contributed by atoms with Crippen LogP contribution in [0.1, 0.15) is 18.9 Å². The van der Waals surface area contributed by atoms with Crippen LogP contribution in [0.2, 0.25) is 0 Å². The molecule has 22 heavy (non-hydrogen) atoms. The molecule has 1 aromatic carbocycles. The molecule has 1 aromatic heterocycles. The van der Waals surface area contributed by atoms with Crippen molar-refractivity contribution < 1.29 is 5.11 Å². The van der Waals surface area contributed by atoms with Gasteiger partial charge in [0.2, 0.25) is 0 Å². The number of hydrogen-bond donors (Lipinski definition) is 1. The highest BCUT2D eigenvalue weighted by Gasteiger charge is 2.38. The molecule has 0 unspecified atom stereocenters. The molecule has 4 rings (SSSR count). The van der Waals surface area contributed by atoms with Crippen LogP contribution in [0.3, 0.4) is 0 Å². The molecule has 4 heteroatoms. The van der Waals surface area contributed by atoms with E-state index in [2.05, 4.69) is 46.0 Å². The summed E-state index contributed by atoms with van der Waals surface area (Å²) in [6.07, 6.45) is 2.65. The van der Waals surface area contributed by atoms with E-state index in [4.69, 9.17) is 0 Å². The normalized spacial score (nSPS) is 29.8. The third-order valence-electron chi connectivity index (χ3n) is 5.16. The fraction of sp³-hybridized carbons (Fsp3) is 0.500. The first-order valence-electron chi connectivity index (χ1n) is 8.19. The molecule has 0 bridgehead atoms. The summed E-state index contributed by atoms with van der Waals surface area (Å²) >= 11 is 0. The molecule has 0 aliphatic carbocycles. The highest BCUT2D eigenvalue weighted by atomic mass is 16.3. The summed E-state index contributed by atoms with van der Waals surface area (Å²) in [5.74, 6) is 0. The maximum absolute atomic E-state index is 9.89. The molecule has 2 fully saturated rings. The van der Waals surface area contributed by atoms with E-state index in [0.29, 0.717) is 12.1 Å². The number of aromatic nitrogens is 1. The lowest BCUT2D eigenvalue weighted by atomic mass is 10.0. The molecule has 116 valence electrons. The summed E-state index contributed by atoms with van der Waals surface area (Å²) in [5.41, 5.74) is 2.42. The predicted octanol–water partition coefficient (Wildman–Crippen LogP) is 1.87. The predicted molar refractivity (Wildman–Crippen MR) is 87.6 cm³/mol. The molecule has 2 saturated heterocycles. The Morgan fingerprint density at radius 2 is 2.05 bits per heavy atom. The van der Waals surface area contributed by atoms with Crippen molar-refractivity contribution >= 4 is 10.9 Å². The molecule has 2 aromatic rings. The molecular formula is C18H23N3O. The Morgan fingerprint density at radius 3 is 2.95 bits per heavy atom. The van der Waals surface area contributed by atoms with Crippen molar-refractivity contribution in [2.24, 2.45) is 0 Å². The zero-order chi connectivity index (χ0) is 15.1. The van der Waals surface area contributed by atoms with Crippen LogP contribution in [0, 0.1) is 0 Å². The van der Waals surface area contributed by atoms with E-state index < -0.39 is 0 Å². The average Bonchev–Trinajstić information content (AvgIpc) is 2.87. The monoisotopic (exact) mass is 297 g/mol. The van der Waals surface area contributed by atoms with Gasteiger partial charge in [-0.1, -0.05) is 24.3 Å². The van der Waals surface area contributed by atoms with E-state index in [-0.39, 0.29) is 6.10 Å². The van der Waals surface area contributed by atoms with E-state index in [1.165, 1.54) is 10.9 Å². The summed E-state index contributed by atoms with van der Waals surface area (Å²) in [5, 5.41) is 11.1. The molecule has 0 amide bonds. The Morgan fingerprint density at radius 1 is 1.18 bits per heavy atom. The van der Waals surface area contributed by atoms with Gasteiger partial charge in [-0.05, 0) is 25.0 Å². The Bertz CT molecular complexity index is 669. The van der Waals surface area contributed by atoms with Gasteiger partial charge in [0.1, 0.15) is 0 Å². The van der Waals surface area contributed by atoms with Gasteiger partial charge in [-0.25, -0.2) is 0 Å². The lowest BCUT2D eigenvalue weighted by Gasteiger charge is -2.42. The van der Waals surface area contributed by atoms with Gasteiger partial charge in [-0.2, -0.15) is 0 Å². The van der Waals surface area contributed by atoms with Crippen LogP contribution >= 0.6 is 0 Å². The second kappa shape index (κ2) is 5.61. The number of rotatable bonds is 2. The number of nitrogens with zero attached hydrogens (tertiary/aromatic N) is 3. The first-order chi connectivity index (χ1) is 10.7. The van der Waals surface area contributed by atoms with Gasteiger partial charge >= 0.3 is 0 Å². The van der Waals surface area contributed by atoms with Crippen LogP contribution in [0.4, 0.5) is 0 Å². The smallest absolute Gasteiger partial charge is 0.0746 e. The fourth-order valence-corrected chi connectivity index (χ4v) is 4.01. The van der Waals surface area contributed by atoms with Crippen molar-refractivity contribution in [2.75, 3.05) is 19.6 Å². The molecule has 2 aliphatic heterocycles. The maximum Gasteiger partial charge on any atom is 0.0746 e. The largest absolute Gasteiger partial charge is 0.392 e. The third kappa shape index (κ3) is 2.51. The van der Waals surface area contributed by atoms with Crippen LogP contribution in [0.15, 0.2) is 36.5 Å². The number of fused-ring (bicyclic) bond motifs is 2. The molecule has 0 saturated carbocycles. The zero-order valence-electron chi connectivity index (χ0n) is 13.0. The number of pyridine rings is 1. The van der Waals surface area contributed by atoms with Crippen LogP contribution < -0.4 is 0 Å². The van der Waals surface area contributed by atoms with Gasteiger partial charge in [-0.15, -0.1) is 0 Å². The molecule has 1 N–H and O–H groups in total. The summed E-state index contributed by atoms with van der Waals surface area (Å²) in [6.45, 7) is 6.18. The van der Waals surface area contributed by atoms with Crippen molar-refractivity contribution in [3.05, 3.63) is 42.1 Å². The second-order valence-electron chi connectivity index (χ2n) is 6.77. The molecule has 3 atom stereocenters. The lowest BCUT2D eigenvalue weighted by Crippen LogP contribution is -2.54. The lowest BCUT2D eigenvalue weighted by molar-refractivity contribution is 0.0531. The zero-order valence-corrected chi connectivity index (χ0v) is 13.0. The SMILES string of the molecule is C[C@@H]1CN2C[C@H](O)C[C@@H]2CN1Cc1cccc2cccnc12. The van der Waals surface area contributed by atoms with E-state index in [1.807, 2.05) is 12.3 Å². The number of benzene rings is 1. The van der Waals surface area contributed by atoms with Crippen LogP contribution in [0.25, 0.3) is 10.9 Å². The number of aliphatic hydroxyl groups excluding tert-OH is 1. The summed E-state index contributed by atoms with van der Waals surface area (Å²) in [6, 6.07) is 11.6. The molecule has 0 spiro atoms. The van der Waals surface area contributed by atoms with Crippen LogP contribution in [-0.4, -0.2) is 57.7 Å². The molecule has 4 nitrogen and oxygen atoms in total. The van der Waals surface area contributed by atoms with Gasteiger partial charge in [0.25, 0.3) is 0 Å². The molecule has 0 radical (unpaired) electrons. The number of piperazine rings is 1. The third-order valence-corrected chi connectivity index (χ3v) is 5.16. The highest BCUT2D eigenvalue weighted by Crippen LogP contribution is 2.27.